The van der Waals surface area contributed by atoms with Crippen LogP contribution in [0.15, 0.2) is 36.7 Å². The molecular weight excluding hydrogens is 319 g/mol. The Morgan fingerprint density at radius 3 is 2.68 bits per heavy atom. The monoisotopic (exact) mass is 342 g/mol. The molecule has 2 heterocycles. The van der Waals surface area contributed by atoms with E-state index < -0.39 is 0 Å². The number of halogens is 1. The van der Waals surface area contributed by atoms with E-state index in [1.54, 1.807) is 18.3 Å². The SMILES string of the molecule is CC1CCN(C(=O)c2cnc(NCCc3ccccc3F)cn2)CC1. The first-order valence-electron chi connectivity index (χ1n) is 8.72. The number of benzene rings is 1. The van der Waals surface area contributed by atoms with Gasteiger partial charge in [0.05, 0.1) is 12.4 Å². The van der Waals surface area contributed by atoms with Gasteiger partial charge in [0, 0.05) is 19.6 Å². The zero-order valence-electron chi connectivity index (χ0n) is 14.4. The molecule has 0 saturated carbocycles. The van der Waals surface area contributed by atoms with Gasteiger partial charge < -0.3 is 10.2 Å². The summed E-state index contributed by atoms with van der Waals surface area (Å²) in [4.78, 5) is 22.7. The summed E-state index contributed by atoms with van der Waals surface area (Å²) in [5, 5.41) is 3.11. The molecule has 2 aromatic rings. The van der Waals surface area contributed by atoms with Gasteiger partial charge in [0.1, 0.15) is 17.3 Å². The van der Waals surface area contributed by atoms with E-state index in [2.05, 4.69) is 22.2 Å². The predicted molar refractivity (Wildman–Crippen MR) is 94.9 cm³/mol. The molecule has 0 radical (unpaired) electrons. The van der Waals surface area contributed by atoms with Crippen LogP contribution in [0, 0.1) is 11.7 Å². The average molecular weight is 342 g/mol. The number of nitrogens with one attached hydrogen (secondary N) is 1. The van der Waals surface area contributed by atoms with E-state index in [1.165, 1.54) is 12.3 Å². The lowest BCUT2D eigenvalue weighted by Gasteiger charge is -2.29. The third kappa shape index (κ3) is 4.53. The van der Waals surface area contributed by atoms with Crippen molar-refractivity contribution in [1.82, 2.24) is 14.9 Å². The van der Waals surface area contributed by atoms with Crippen molar-refractivity contribution in [3.05, 3.63) is 53.7 Å². The molecule has 0 aliphatic carbocycles. The Morgan fingerprint density at radius 2 is 2.00 bits per heavy atom. The van der Waals surface area contributed by atoms with Crippen molar-refractivity contribution >= 4 is 11.7 Å². The molecule has 6 heteroatoms. The minimum atomic E-state index is -0.202. The number of aromatic nitrogens is 2. The number of carbonyl (C=O) groups excluding carboxylic acids is 1. The molecule has 1 aliphatic heterocycles. The number of hydrogen-bond acceptors (Lipinski definition) is 4. The maximum absolute atomic E-state index is 13.6. The van der Waals surface area contributed by atoms with Crippen molar-refractivity contribution in [2.45, 2.75) is 26.2 Å². The molecular formula is C19H23FN4O. The molecule has 1 aromatic carbocycles. The smallest absolute Gasteiger partial charge is 0.274 e. The molecule has 0 atom stereocenters. The third-order valence-corrected chi connectivity index (χ3v) is 4.60. The lowest BCUT2D eigenvalue weighted by Crippen LogP contribution is -2.38. The molecule has 1 aliphatic rings. The zero-order valence-corrected chi connectivity index (χ0v) is 14.4. The van der Waals surface area contributed by atoms with Crippen LogP contribution >= 0.6 is 0 Å². The van der Waals surface area contributed by atoms with E-state index in [0.29, 0.717) is 36.0 Å². The van der Waals surface area contributed by atoms with E-state index in [9.17, 15) is 9.18 Å². The second kappa shape index (κ2) is 8.05. The summed E-state index contributed by atoms with van der Waals surface area (Å²) in [7, 11) is 0. The standard InChI is InChI=1S/C19H23FN4O/c1-14-7-10-24(11-8-14)19(25)17-12-23-18(13-22-17)21-9-6-15-4-2-3-5-16(15)20/h2-5,12-14H,6-11H2,1H3,(H,21,23). The van der Waals surface area contributed by atoms with E-state index in [1.807, 2.05) is 11.0 Å². The molecule has 132 valence electrons. The predicted octanol–water partition coefficient (Wildman–Crippen LogP) is 3.14. The van der Waals surface area contributed by atoms with Crippen LogP contribution in [0.1, 0.15) is 35.8 Å². The van der Waals surface area contributed by atoms with Crippen LogP contribution < -0.4 is 5.32 Å². The van der Waals surface area contributed by atoms with Gasteiger partial charge in [0.25, 0.3) is 5.91 Å². The van der Waals surface area contributed by atoms with Crippen LogP contribution in [0.5, 0.6) is 0 Å². The molecule has 1 aromatic heterocycles. The van der Waals surface area contributed by atoms with Gasteiger partial charge in [-0.2, -0.15) is 0 Å². The van der Waals surface area contributed by atoms with Gasteiger partial charge in [0.2, 0.25) is 0 Å². The van der Waals surface area contributed by atoms with Crippen molar-refractivity contribution in [2.24, 2.45) is 5.92 Å². The summed E-state index contributed by atoms with van der Waals surface area (Å²) in [6, 6.07) is 6.72. The molecule has 3 rings (SSSR count). The summed E-state index contributed by atoms with van der Waals surface area (Å²) in [6.07, 6.45) is 5.69. The number of anilines is 1. The van der Waals surface area contributed by atoms with Crippen molar-refractivity contribution in [1.29, 1.82) is 0 Å². The quantitative estimate of drug-likeness (QED) is 0.907. The molecule has 0 spiro atoms. The van der Waals surface area contributed by atoms with E-state index in [-0.39, 0.29) is 11.7 Å². The topological polar surface area (TPSA) is 58.1 Å². The molecule has 25 heavy (non-hydrogen) atoms. The first-order chi connectivity index (χ1) is 12.1. The van der Waals surface area contributed by atoms with Gasteiger partial charge in [-0.3, -0.25) is 4.79 Å². The number of nitrogens with zero attached hydrogens (tertiary/aromatic N) is 3. The highest BCUT2D eigenvalue weighted by molar-refractivity contribution is 5.92. The molecule has 1 fully saturated rings. The number of likely N-dealkylation sites (tertiary alicyclic amines) is 1. The van der Waals surface area contributed by atoms with Gasteiger partial charge in [-0.15, -0.1) is 0 Å². The van der Waals surface area contributed by atoms with Crippen LogP contribution in [0.25, 0.3) is 0 Å². The minimum Gasteiger partial charge on any atom is -0.368 e. The zero-order chi connectivity index (χ0) is 17.6. The van der Waals surface area contributed by atoms with Crippen molar-refractivity contribution in [2.75, 3.05) is 25.0 Å². The molecule has 1 amide bonds. The maximum Gasteiger partial charge on any atom is 0.274 e. The average Bonchev–Trinajstić information content (AvgIpc) is 2.64. The molecule has 0 bridgehead atoms. The summed E-state index contributed by atoms with van der Waals surface area (Å²) in [5.74, 6) is 1.00. The highest BCUT2D eigenvalue weighted by Gasteiger charge is 2.22. The summed E-state index contributed by atoms with van der Waals surface area (Å²) < 4.78 is 13.6. The molecule has 1 N–H and O–H groups in total. The number of rotatable bonds is 5. The Labute approximate surface area is 147 Å². The van der Waals surface area contributed by atoms with Gasteiger partial charge in [-0.05, 0) is 36.8 Å². The fraction of sp³-hybridized carbons (Fsp3) is 0.421. The Hall–Kier alpha value is -2.50. The Morgan fingerprint density at radius 1 is 1.24 bits per heavy atom. The highest BCUT2D eigenvalue weighted by Crippen LogP contribution is 2.17. The fourth-order valence-electron chi connectivity index (χ4n) is 2.93. The normalized spacial score (nSPS) is 15.2. The Balaban J connectivity index is 1.52. The van der Waals surface area contributed by atoms with E-state index >= 15 is 0 Å². The third-order valence-electron chi connectivity index (χ3n) is 4.60. The maximum atomic E-state index is 13.6. The highest BCUT2D eigenvalue weighted by atomic mass is 19.1. The second-order valence-electron chi connectivity index (χ2n) is 6.53. The Kier molecular flexibility index (Phi) is 5.58. The summed E-state index contributed by atoms with van der Waals surface area (Å²) in [5.41, 5.74) is 1.03. The van der Waals surface area contributed by atoms with Gasteiger partial charge >= 0.3 is 0 Å². The summed E-state index contributed by atoms with van der Waals surface area (Å²) in [6.45, 7) is 4.32. The van der Waals surface area contributed by atoms with E-state index in [0.717, 1.165) is 25.9 Å². The van der Waals surface area contributed by atoms with Crippen molar-refractivity contribution < 1.29 is 9.18 Å². The van der Waals surface area contributed by atoms with Crippen LogP contribution in [0.3, 0.4) is 0 Å². The Bertz CT molecular complexity index is 712. The summed E-state index contributed by atoms with van der Waals surface area (Å²) >= 11 is 0. The number of carbonyl (C=O) groups is 1. The van der Waals surface area contributed by atoms with Gasteiger partial charge in [0.15, 0.2) is 0 Å². The van der Waals surface area contributed by atoms with Gasteiger partial charge in [-0.1, -0.05) is 25.1 Å². The molecule has 0 unspecified atom stereocenters. The first kappa shape index (κ1) is 17.3. The van der Waals surface area contributed by atoms with E-state index in [4.69, 9.17) is 0 Å². The lowest BCUT2D eigenvalue weighted by atomic mass is 9.99. The van der Waals surface area contributed by atoms with Crippen LogP contribution in [-0.4, -0.2) is 40.4 Å². The number of hydrogen-bond donors (Lipinski definition) is 1. The van der Waals surface area contributed by atoms with Crippen LogP contribution in [-0.2, 0) is 6.42 Å². The van der Waals surface area contributed by atoms with Crippen molar-refractivity contribution in [3.8, 4) is 0 Å². The van der Waals surface area contributed by atoms with Gasteiger partial charge in [-0.25, -0.2) is 14.4 Å². The van der Waals surface area contributed by atoms with Crippen LogP contribution in [0.4, 0.5) is 10.2 Å². The number of amides is 1. The van der Waals surface area contributed by atoms with Crippen LogP contribution in [0.2, 0.25) is 0 Å². The molecule has 5 nitrogen and oxygen atoms in total. The fourth-order valence-corrected chi connectivity index (χ4v) is 2.93. The largest absolute Gasteiger partial charge is 0.368 e. The molecule has 1 saturated heterocycles. The second-order valence-corrected chi connectivity index (χ2v) is 6.53. The lowest BCUT2D eigenvalue weighted by molar-refractivity contribution is 0.0691. The number of piperidine rings is 1. The van der Waals surface area contributed by atoms with Crippen molar-refractivity contribution in [3.63, 3.8) is 0 Å². The first-order valence-corrected chi connectivity index (χ1v) is 8.72. The minimum absolute atomic E-state index is 0.0580.